The highest BCUT2D eigenvalue weighted by Gasteiger charge is 2.35. The van der Waals surface area contributed by atoms with Gasteiger partial charge in [-0.05, 0) is 43.0 Å². The van der Waals surface area contributed by atoms with Crippen LogP contribution in [0.3, 0.4) is 0 Å². The molecule has 0 radical (unpaired) electrons. The minimum atomic E-state index is -3.82. The van der Waals surface area contributed by atoms with Crippen molar-refractivity contribution in [3.05, 3.63) is 65.2 Å². The molecule has 9 heteroatoms. The molecule has 166 valence electrons. The molecule has 1 aliphatic rings. The number of aryl methyl sites for hydroxylation is 2. The third-order valence-electron chi connectivity index (χ3n) is 5.02. The third-order valence-corrected chi connectivity index (χ3v) is 7.05. The normalized spacial score (nSPS) is 17.2. The largest absolute Gasteiger partial charge is 0.360 e. The quantitative estimate of drug-likeness (QED) is 0.656. The summed E-state index contributed by atoms with van der Waals surface area (Å²) >= 11 is 0. The number of nitrogens with one attached hydrogen (secondary N) is 2. The topological polar surface area (TPSA) is 105 Å². The fourth-order valence-corrected chi connectivity index (χ4v) is 5.21. The minimum absolute atomic E-state index is 0.123. The lowest BCUT2D eigenvalue weighted by atomic mass is 10.2. The van der Waals surface area contributed by atoms with Gasteiger partial charge in [-0.15, -0.1) is 0 Å². The zero-order chi connectivity index (χ0) is 22.4. The van der Waals surface area contributed by atoms with Crippen molar-refractivity contribution in [2.45, 2.75) is 37.9 Å². The van der Waals surface area contributed by atoms with Crippen LogP contribution in [0, 0.1) is 13.8 Å². The minimum Gasteiger partial charge on any atom is -0.360 e. The van der Waals surface area contributed by atoms with E-state index in [2.05, 4.69) is 10.6 Å². The first-order valence-corrected chi connectivity index (χ1v) is 11.5. The van der Waals surface area contributed by atoms with Crippen molar-refractivity contribution in [2.24, 2.45) is 0 Å². The highest BCUT2D eigenvalue weighted by molar-refractivity contribution is 7.89. The maximum Gasteiger partial charge on any atom is 0.309 e. The lowest BCUT2D eigenvalue weighted by Crippen LogP contribution is -2.53. The molecule has 2 aromatic rings. The first-order chi connectivity index (χ1) is 14.8. The molecule has 1 aliphatic heterocycles. The van der Waals surface area contributed by atoms with Gasteiger partial charge in [0, 0.05) is 13.1 Å². The number of rotatable bonds is 6. The van der Waals surface area contributed by atoms with Gasteiger partial charge in [0.1, 0.15) is 6.23 Å². The monoisotopic (exact) mass is 445 g/mol. The number of benzene rings is 2. The lowest BCUT2D eigenvalue weighted by molar-refractivity contribution is -0.140. The molecular weight excluding hydrogens is 418 g/mol. The second kappa shape index (κ2) is 10.0. The SMILES string of the molecule is Cc1ccc(C)c(S(=O)(=O)N2CCCO[C@@H]2CNC(=O)C(=O)NCc2ccccc2)c1. The van der Waals surface area contributed by atoms with Gasteiger partial charge in [0.05, 0.1) is 18.0 Å². The number of ether oxygens (including phenoxy) is 1. The number of hydrogen-bond acceptors (Lipinski definition) is 5. The van der Waals surface area contributed by atoms with Gasteiger partial charge in [0.15, 0.2) is 0 Å². The molecule has 0 unspecified atom stereocenters. The summed E-state index contributed by atoms with van der Waals surface area (Å²) in [7, 11) is -3.82. The molecule has 0 aliphatic carbocycles. The smallest absolute Gasteiger partial charge is 0.309 e. The van der Waals surface area contributed by atoms with Gasteiger partial charge in [-0.2, -0.15) is 4.31 Å². The molecular formula is C22H27N3O5S. The molecule has 0 saturated carbocycles. The van der Waals surface area contributed by atoms with E-state index in [4.69, 9.17) is 4.74 Å². The Labute approximate surface area is 182 Å². The van der Waals surface area contributed by atoms with Crippen LogP contribution in [0.4, 0.5) is 0 Å². The van der Waals surface area contributed by atoms with E-state index < -0.39 is 28.1 Å². The van der Waals surface area contributed by atoms with Gasteiger partial charge in [-0.25, -0.2) is 8.42 Å². The lowest BCUT2D eigenvalue weighted by Gasteiger charge is -2.35. The Morgan fingerprint density at radius 1 is 1.06 bits per heavy atom. The van der Waals surface area contributed by atoms with E-state index in [0.29, 0.717) is 18.6 Å². The Hall–Kier alpha value is -2.75. The number of amides is 2. The summed E-state index contributed by atoms with van der Waals surface area (Å²) < 4.78 is 33.4. The fourth-order valence-electron chi connectivity index (χ4n) is 3.33. The van der Waals surface area contributed by atoms with Crippen LogP contribution in [0.15, 0.2) is 53.4 Å². The highest BCUT2D eigenvalue weighted by Crippen LogP contribution is 2.25. The van der Waals surface area contributed by atoms with Crippen LogP contribution >= 0.6 is 0 Å². The maximum atomic E-state index is 13.3. The van der Waals surface area contributed by atoms with Crippen LogP contribution < -0.4 is 10.6 Å². The summed E-state index contributed by atoms with van der Waals surface area (Å²) in [5, 5.41) is 5.03. The molecule has 0 aromatic heterocycles. The van der Waals surface area contributed by atoms with Crippen molar-refractivity contribution < 1.29 is 22.7 Å². The standard InChI is InChI=1S/C22H27N3O5S/c1-16-9-10-17(2)19(13-16)31(28,29)25-11-6-12-30-20(25)15-24-22(27)21(26)23-14-18-7-4-3-5-8-18/h3-5,7-10,13,20H,6,11-12,14-15H2,1-2H3,(H,23,26)(H,24,27)/t20-/m1/s1. The van der Waals surface area contributed by atoms with Crippen LogP contribution in [0.1, 0.15) is 23.1 Å². The molecule has 1 fully saturated rings. The van der Waals surface area contributed by atoms with Crippen LogP contribution in [0.25, 0.3) is 0 Å². The molecule has 3 rings (SSSR count). The zero-order valence-corrected chi connectivity index (χ0v) is 18.4. The van der Waals surface area contributed by atoms with Crippen LogP contribution in [0.5, 0.6) is 0 Å². The molecule has 1 atom stereocenters. The molecule has 1 saturated heterocycles. The van der Waals surface area contributed by atoms with Crippen molar-refractivity contribution in [1.29, 1.82) is 0 Å². The van der Waals surface area contributed by atoms with Crippen molar-refractivity contribution in [3.63, 3.8) is 0 Å². The van der Waals surface area contributed by atoms with E-state index in [1.807, 2.05) is 43.3 Å². The summed E-state index contributed by atoms with van der Waals surface area (Å²) in [6.07, 6.45) is -0.337. The summed E-state index contributed by atoms with van der Waals surface area (Å²) in [6, 6.07) is 14.5. The molecule has 8 nitrogen and oxygen atoms in total. The number of nitrogens with zero attached hydrogens (tertiary/aromatic N) is 1. The molecule has 2 amide bonds. The molecule has 1 heterocycles. The summed E-state index contributed by atoms with van der Waals surface area (Å²) in [6.45, 7) is 4.32. The molecule has 0 bridgehead atoms. The van der Waals surface area contributed by atoms with Crippen LogP contribution in [-0.2, 0) is 30.9 Å². The zero-order valence-electron chi connectivity index (χ0n) is 17.6. The van der Waals surface area contributed by atoms with E-state index in [0.717, 1.165) is 11.1 Å². The Balaban J connectivity index is 1.63. The van der Waals surface area contributed by atoms with E-state index in [-0.39, 0.29) is 24.5 Å². The Morgan fingerprint density at radius 2 is 1.77 bits per heavy atom. The van der Waals surface area contributed by atoms with E-state index in [1.165, 1.54) is 4.31 Å². The Bertz CT molecular complexity index is 1040. The Kier molecular flexibility index (Phi) is 7.42. The molecule has 0 spiro atoms. The van der Waals surface area contributed by atoms with Gasteiger partial charge in [0.2, 0.25) is 10.0 Å². The Morgan fingerprint density at radius 3 is 2.52 bits per heavy atom. The number of sulfonamides is 1. The fraction of sp³-hybridized carbons (Fsp3) is 0.364. The van der Waals surface area contributed by atoms with E-state index >= 15 is 0 Å². The summed E-state index contributed by atoms with van der Waals surface area (Å²) in [4.78, 5) is 24.5. The molecule has 2 aromatic carbocycles. The van der Waals surface area contributed by atoms with Crippen molar-refractivity contribution in [2.75, 3.05) is 19.7 Å². The second-order valence-electron chi connectivity index (χ2n) is 7.44. The van der Waals surface area contributed by atoms with Gasteiger partial charge in [-0.1, -0.05) is 42.5 Å². The van der Waals surface area contributed by atoms with Crippen LogP contribution in [0.2, 0.25) is 0 Å². The van der Waals surface area contributed by atoms with Gasteiger partial charge in [0.25, 0.3) is 0 Å². The molecule has 2 N–H and O–H groups in total. The van der Waals surface area contributed by atoms with E-state index in [9.17, 15) is 18.0 Å². The number of carbonyl (C=O) groups is 2. The van der Waals surface area contributed by atoms with Gasteiger partial charge < -0.3 is 15.4 Å². The summed E-state index contributed by atoms with van der Waals surface area (Å²) in [5.41, 5.74) is 2.34. The average molecular weight is 446 g/mol. The van der Waals surface area contributed by atoms with Crippen LogP contribution in [-0.4, -0.2) is 50.5 Å². The summed E-state index contributed by atoms with van der Waals surface area (Å²) in [5.74, 6) is -1.63. The first kappa shape index (κ1) is 22.9. The maximum absolute atomic E-state index is 13.3. The predicted molar refractivity (Wildman–Crippen MR) is 115 cm³/mol. The predicted octanol–water partition coefficient (Wildman–Crippen LogP) is 1.47. The van der Waals surface area contributed by atoms with Crippen molar-refractivity contribution in [3.8, 4) is 0 Å². The third kappa shape index (κ3) is 5.69. The van der Waals surface area contributed by atoms with E-state index in [1.54, 1.807) is 19.1 Å². The van der Waals surface area contributed by atoms with Gasteiger partial charge >= 0.3 is 11.8 Å². The molecule has 31 heavy (non-hydrogen) atoms. The van der Waals surface area contributed by atoms with Crippen molar-refractivity contribution in [1.82, 2.24) is 14.9 Å². The highest BCUT2D eigenvalue weighted by atomic mass is 32.2. The number of hydrogen-bond donors (Lipinski definition) is 2. The first-order valence-electron chi connectivity index (χ1n) is 10.1. The number of carbonyl (C=O) groups excluding carboxylic acids is 2. The average Bonchev–Trinajstić information content (AvgIpc) is 2.78. The van der Waals surface area contributed by atoms with Crippen molar-refractivity contribution >= 4 is 21.8 Å². The van der Waals surface area contributed by atoms with Gasteiger partial charge in [-0.3, -0.25) is 9.59 Å². The second-order valence-corrected chi connectivity index (χ2v) is 9.30.